The molecule has 1 unspecified atom stereocenters. The third-order valence-corrected chi connectivity index (χ3v) is 4.99. The van der Waals surface area contributed by atoms with Crippen LogP contribution in [0.15, 0.2) is 48.5 Å². The molecule has 0 radical (unpaired) electrons. The lowest BCUT2D eigenvalue weighted by molar-refractivity contribution is -0.135. The van der Waals surface area contributed by atoms with E-state index in [0.717, 1.165) is 41.2 Å². The summed E-state index contributed by atoms with van der Waals surface area (Å²) in [5.41, 5.74) is 2.19. The molecular weight excluding hydrogens is 412 g/mol. The summed E-state index contributed by atoms with van der Waals surface area (Å²) in [4.78, 5) is 37.8. The highest BCUT2D eigenvalue weighted by Gasteiger charge is 2.32. The second-order valence-corrected chi connectivity index (χ2v) is 7.21. The number of carbonyl (C=O) groups is 3. The smallest absolute Gasteiger partial charge is 0.254 e. The van der Waals surface area contributed by atoms with Gasteiger partial charge in [0, 0.05) is 33.4 Å². The van der Waals surface area contributed by atoms with Gasteiger partial charge in [-0.3, -0.25) is 14.4 Å². The van der Waals surface area contributed by atoms with Crippen LogP contribution in [-0.2, 0) is 14.3 Å². The summed E-state index contributed by atoms with van der Waals surface area (Å²) < 4.78 is 10.7. The fourth-order valence-electron chi connectivity index (χ4n) is 3.17. The summed E-state index contributed by atoms with van der Waals surface area (Å²) in [6, 6.07) is 13.1. The van der Waals surface area contributed by atoms with Crippen LogP contribution in [0.4, 0.5) is 0 Å². The predicted molar refractivity (Wildman–Crippen MR) is 121 cm³/mol. The number of aliphatic hydroxyl groups is 1. The predicted octanol–water partition coefficient (Wildman–Crippen LogP) is 1.91. The van der Waals surface area contributed by atoms with Crippen molar-refractivity contribution in [2.24, 2.45) is 0 Å². The van der Waals surface area contributed by atoms with Crippen LogP contribution in [0.25, 0.3) is 11.1 Å². The Hall–Kier alpha value is -3.23. The number of nitrogens with one attached hydrogen (secondary N) is 1. The van der Waals surface area contributed by atoms with Crippen molar-refractivity contribution in [3.05, 3.63) is 54.1 Å². The van der Waals surface area contributed by atoms with Crippen LogP contribution in [0.2, 0.25) is 0 Å². The van der Waals surface area contributed by atoms with E-state index in [9.17, 15) is 14.4 Å². The van der Waals surface area contributed by atoms with Crippen molar-refractivity contribution < 1.29 is 29.0 Å². The Bertz CT molecular complexity index is 880. The number of unbranched alkanes of at least 4 members (excludes halogenated alkanes) is 1. The summed E-state index contributed by atoms with van der Waals surface area (Å²) in [5.74, 6) is -1.12. The van der Waals surface area contributed by atoms with Gasteiger partial charge in [-0.25, -0.2) is 0 Å². The van der Waals surface area contributed by atoms with Gasteiger partial charge in [0.25, 0.3) is 5.91 Å². The number of nitrogens with zero attached hydrogens (tertiary/aromatic N) is 1. The number of methoxy groups -OCH3 is 1. The third-order valence-electron chi connectivity index (χ3n) is 4.99. The van der Waals surface area contributed by atoms with Crippen LogP contribution in [0.1, 0.15) is 23.2 Å². The van der Waals surface area contributed by atoms with Gasteiger partial charge in [-0.1, -0.05) is 24.3 Å². The Morgan fingerprint density at radius 2 is 1.53 bits per heavy atom. The van der Waals surface area contributed by atoms with Crippen molar-refractivity contribution in [3.63, 3.8) is 0 Å². The number of rotatable bonds is 12. The molecular formula is C24H30N2O6. The molecule has 32 heavy (non-hydrogen) atoms. The first kappa shape index (κ1) is 25.0. The summed E-state index contributed by atoms with van der Waals surface area (Å²) in [6.07, 6.45) is 1.87. The van der Waals surface area contributed by atoms with Gasteiger partial charge in [0.2, 0.25) is 5.91 Å². The van der Waals surface area contributed by atoms with E-state index in [1.54, 1.807) is 31.4 Å². The number of amides is 2. The standard InChI is InChI=1S/C24H30N2O6/c1-25-23(29)22(21(28)16-27)26(2)24(30)19-8-6-17(7-9-19)18-10-12-20(13-11-18)32-15-5-4-14-31-3/h6-13,22,27H,4-5,14-16H2,1-3H3,(H,25,29). The van der Waals surface area contributed by atoms with Crippen LogP contribution in [0.5, 0.6) is 5.75 Å². The van der Waals surface area contributed by atoms with E-state index in [1.807, 2.05) is 24.3 Å². The molecule has 0 aliphatic rings. The molecule has 8 heteroatoms. The fourth-order valence-corrected chi connectivity index (χ4v) is 3.17. The minimum Gasteiger partial charge on any atom is -0.494 e. The van der Waals surface area contributed by atoms with Gasteiger partial charge in [-0.15, -0.1) is 0 Å². The average molecular weight is 443 g/mol. The fraction of sp³-hybridized carbons (Fsp3) is 0.375. The Morgan fingerprint density at radius 3 is 2.06 bits per heavy atom. The Balaban J connectivity index is 2.05. The van der Waals surface area contributed by atoms with Gasteiger partial charge in [-0.05, 0) is 48.2 Å². The number of ether oxygens (including phenoxy) is 2. The summed E-state index contributed by atoms with van der Waals surface area (Å²) in [6.45, 7) is 0.519. The molecule has 0 aromatic heterocycles. The highest BCUT2D eigenvalue weighted by Crippen LogP contribution is 2.23. The van der Waals surface area contributed by atoms with Gasteiger partial charge < -0.3 is 24.8 Å². The van der Waals surface area contributed by atoms with Crippen LogP contribution in [0.3, 0.4) is 0 Å². The van der Waals surface area contributed by atoms with Gasteiger partial charge in [0.1, 0.15) is 12.4 Å². The molecule has 172 valence electrons. The van der Waals surface area contributed by atoms with Crippen molar-refractivity contribution in [2.75, 3.05) is 41.0 Å². The molecule has 0 bridgehead atoms. The molecule has 0 heterocycles. The molecule has 0 saturated carbocycles. The van der Waals surface area contributed by atoms with E-state index < -0.39 is 30.2 Å². The molecule has 8 nitrogen and oxygen atoms in total. The molecule has 2 aromatic carbocycles. The number of likely N-dealkylation sites (N-methyl/N-ethyl adjacent to an activating group) is 2. The highest BCUT2D eigenvalue weighted by molar-refractivity contribution is 6.10. The first-order chi connectivity index (χ1) is 15.4. The zero-order chi connectivity index (χ0) is 23.5. The minimum atomic E-state index is -1.39. The number of aliphatic hydroxyl groups excluding tert-OH is 1. The van der Waals surface area contributed by atoms with E-state index in [4.69, 9.17) is 14.6 Å². The van der Waals surface area contributed by atoms with Crippen molar-refractivity contribution >= 4 is 17.6 Å². The monoisotopic (exact) mass is 442 g/mol. The highest BCUT2D eigenvalue weighted by atomic mass is 16.5. The largest absolute Gasteiger partial charge is 0.494 e. The third kappa shape index (κ3) is 6.63. The van der Waals surface area contributed by atoms with E-state index in [1.165, 1.54) is 14.1 Å². The number of hydrogen-bond acceptors (Lipinski definition) is 6. The zero-order valence-corrected chi connectivity index (χ0v) is 18.7. The molecule has 2 amide bonds. The van der Waals surface area contributed by atoms with Crippen molar-refractivity contribution in [2.45, 2.75) is 18.9 Å². The van der Waals surface area contributed by atoms with Crippen LogP contribution in [-0.4, -0.2) is 74.7 Å². The summed E-state index contributed by atoms with van der Waals surface area (Å²) >= 11 is 0. The Morgan fingerprint density at radius 1 is 0.969 bits per heavy atom. The number of Topliss-reactive ketones (excluding diaryl/α,β-unsaturated/α-hetero) is 1. The molecule has 0 aliphatic carbocycles. The van der Waals surface area contributed by atoms with Crippen LogP contribution in [0, 0.1) is 0 Å². The summed E-state index contributed by atoms with van der Waals surface area (Å²) in [5, 5.41) is 11.5. The average Bonchev–Trinajstić information content (AvgIpc) is 2.83. The second-order valence-electron chi connectivity index (χ2n) is 7.21. The first-order valence-electron chi connectivity index (χ1n) is 10.4. The van der Waals surface area contributed by atoms with Crippen molar-refractivity contribution in [3.8, 4) is 16.9 Å². The maximum atomic E-state index is 12.8. The van der Waals surface area contributed by atoms with Crippen molar-refractivity contribution in [1.82, 2.24) is 10.2 Å². The SMILES string of the molecule is CNC(=O)C(C(=O)CO)N(C)C(=O)c1ccc(-c2ccc(OCCCCOC)cc2)cc1. The lowest BCUT2D eigenvalue weighted by Gasteiger charge is -2.25. The van der Waals surface area contributed by atoms with E-state index in [-0.39, 0.29) is 0 Å². The number of carbonyl (C=O) groups excluding carboxylic acids is 3. The molecule has 0 spiro atoms. The number of ketones is 1. The topological polar surface area (TPSA) is 105 Å². The van der Waals surface area contributed by atoms with Crippen LogP contribution < -0.4 is 10.1 Å². The second kappa shape index (κ2) is 12.6. The molecule has 0 saturated heterocycles. The molecule has 0 fully saturated rings. The van der Waals surface area contributed by atoms with Gasteiger partial charge in [-0.2, -0.15) is 0 Å². The number of benzene rings is 2. The van der Waals surface area contributed by atoms with E-state index >= 15 is 0 Å². The molecule has 0 aliphatic heterocycles. The molecule has 2 N–H and O–H groups in total. The van der Waals surface area contributed by atoms with E-state index in [0.29, 0.717) is 12.2 Å². The zero-order valence-electron chi connectivity index (χ0n) is 18.7. The van der Waals surface area contributed by atoms with Gasteiger partial charge in [0.15, 0.2) is 11.8 Å². The molecule has 2 rings (SSSR count). The lowest BCUT2D eigenvalue weighted by atomic mass is 10.0. The van der Waals surface area contributed by atoms with Gasteiger partial charge in [0.05, 0.1) is 6.61 Å². The maximum absolute atomic E-state index is 12.8. The molecule has 1 atom stereocenters. The lowest BCUT2D eigenvalue weighted by Crippen LogP contribution is -2.52. The minimum absolute atomic E-state index is 0.326. The van der Waals surface area contributed by atoms with E-state index in [2.05, 4.69) is 5.32 Å². The number of hydrogen-bond donors (Lipinski definition) is 2. The maximum Gasteiger partial charge on any atom is 0.254 e. The normalized spacial score (nSPS) is 11.5. The Labute approximate surface area is 188 Å². The quantitative estimate of drug-likeness (QED) is 0.384. The van der Waals surface area contributed by atoms with Gasteiger partial charge >= 0.3 is 0 Å². The van der Waals surface area contributed by atoms with Crippen LogP contribution >= 0.6 is 0 Å². The Kier molecular flexibility index (Phi) is 9.84. The molecule has 2 aromatic rings. The first-order valence-corrected chi connectivity index (χ1v) is 10.4. The summed E-state index contributed by atoms with van der Waals surface area (Å²) in [7, 11) is 4.41. The van der Waals surface area contributed by atoms with Crippen molar-refractivity contribution in [1.29, 1.82) is 0 Å².